The zero-order valence-corrected chi connectivity index (χ0v) is 9.39. The molecule has 0 aromatic rings. The van der Waals surface area contributed by atoms with Gasteiger partial charge in [-0.05, 0) is 0 Å². The quantitative estimate of drug-likeness (QED) is 0.471. The molecule has 17 heavy (non-hydrogen) atoms. The molecule has 1 aliphatic rings. The first-order chi connectivity index (χ1) is 7.91. The van der Waals surface area contributed by atoms with E-state index in [9.17, 15) is 14.7 Å². The van der Waals surface area contributed by atoms with Crippen molar-refractivity contribution in [3.05, 3.63) is 11.5 Å². The monoisotopic (exact) mass is 245 g/mol. The standard InChI is InChI=1S/C10H15NO6/c1-17-9-6(11-4-8(14)15)2-10(16,5-12)3-7(9)13/h11-12,16H,2-5H2,1H3,(H,14,15)/t10-/m0/s1. The van der Waals surface area contributed by atoms with Crippen molar-refractivity contribution in [3.63, 3.8) is 0 Å². The van der Waals surface area contributed by atoms with Gasteiger partial charge in [-0.15, -0.1) is 0 Å². The summed E-state index contributed by atoms with van der Waals surface area (Å²) < 4.78 is 4.87. The summed E-state index contributed by atoms with van der Waals surface area (Å²) in [5.41, 5.74) is -1.36. The van der Waals surface area contributed by atoms with Crippen LogP contribution in [-0.2, 0) is 14.3 Å². The van der Waals surface area contributed by atoms with Crippen LogP contribution in [0.2, 0.25) is 0 Å². The third kappa shape index (κ3) is 3.18. The molecular weight excluding hydrogens is 230 g/mol. The van der Waals surface area contributed by atoms with E-state index in [2.05, 4.69) is 5.32 Å². The van der Waals surface area contributed by atoms with Gasteiger partial charge in [0, 0.05) is 12.8 Å². The minimum Gasteiger partial charge on any atom is -0.491 e. The summed E-state index contributed by atoms with van der Waals surface area (Å²) in [5.74, 6) is -1.56. The van der Waals surface area contributed by atoms with E-state index in [1.165, 1.54) is 7.11 Å². The summed E-state index contributed by atoms with van der Waals surface area (Å²) in [6.07, 6.45) is -0.295. The summed E-state index contributed by atoms with van der Waals surface area (Å²) in [6.45, 7) is -0.967. The molecule has 96 valence electrons. The van der Waals surface area contributed by atoms with Gasteiger partial charge in [0.2, 0.25) is 5.78 Å². The molecule has 0 saturated heterocycles. The first-order valence-electron chi connectivity index (χ1n) is 5.01. The summed E-state index contributed by atoms with van der Waals surface area (Å²) in [5, 5.41) is 29.9. The Morgan fingerprint density at radius 2 is 2.18 bits per heavy atom. The van der Waals surface area contributed by atoms with Crippen LogP contribution in [0.4, 0.5) is 0 Å². The third-order valence-corrected chi connectivity index (χ3v) is 2.47. The number of aliphatic hydroxyl groups excluding tert-OH is 1. The number of rotatable bonds is 5. The van der Waals surface area contributed by atoms with Gasteiger partial charge in [0.15, 0.2) is 5.76 Å². The van der Waals surface area contributed by atoms with E-state index in [1.807, 2.05) is 0 Å². The molecule has 0 bridgehead atoms. The number of allylic oxidation sites excluding steroid dienone is 1. The van der Waals surface area contributed by atoms with E-state index in [4.69, 9.17) is 14.9 Å². The highest BCUT2D eigenvalue weighted by Crippen LogP contribution is 2.29. The summed E-state index contributed by atoms with van der Waals surface area (Å²) >= 11 is 0. The third-order valence-electron chi connectivity index (χ3n) is 2.47. The Balaban J connectivity index is 2.92. The molecule has 0 radical (unpaired) electrons. The van der Waals surface area contributed by atoms with Gasteiger partial charge in [-0.25, -0.2) is 0 Å². The van der Waals surface area contributed by atoms with Gasteiger partial charge in [0.05, 0.1) is 19.4 Å². The average Bonchev–Trinajstić information content (AvgIpc) is 2.26. The number of methoxy groups -OCH3 is 1. The lowest BCUT2D eigenvalue weighted by Crippen LogP contribution is -2.43. The number of hydrogen-bond donors (Lipinski definition) is 4. The van der Waals surface area contributed by atoms with Crippen LogP contribution in [0.1, 0.15) is 12.8 Å². The highest BCUT2D eigenvalue weighted by molar-refractivity contribution is 5.96. The van der Waals surface area contributed by atoms with Crippen molar-refractivity contribution in [2.75, 3.05) is 20.3 Å². The van der Waals surface area contributed by atoms with Gasteiger partial charge in [-0.1, -0.05) is 0 Å². The first kappa shape index (κ1) is 13.5. The fraction of sp³-hybridized carbons (Fsp3) is 0.600. The number of ketones is 1. The molecule has 0 spiro atoms. The van der Waals surface area contributed by atoms with E-state index < -0.39 is 30.5 Å². The molecule has 0 amide bonds. The van der Waals surface area contributed by atoms with Gasteiger partial charge in [0.25, 0.3) is 0 Å². The van der Waals surface area contributed by atoms with Gasteiger partial charge < -0.3 is 25.4 Å². The molecule has 0 aliphatic heterocycles. The van der Waals surface area contributed by atoms with Crippen LogP contribution in [-0.4, -0.2) is 52.9 Å². The molecule has 0 unspecified atom stereocenters. The molecule has 1 atom stereocenters. The van der Waals surface area contributed by atoms with E-state index in [1.54, 1.807) is 0 Å². The normalized spacial score (nSPS) is 24.8. The number of carboxylic acids is 1. The fourth-order valence-corrected chi connectivity index (χ4v) is 1.69. The van der Waals surface area contributed by atoms with Crippen molar-refractivity contribution in [1.29, 1.82) is 0 Å². The van der Waals surface area contributed by atoms with Crippen molar-refractivity contribution in [3.8, 4) is 0 Å². The first-order valence-corrected chi connectivity index (χ1v) is 5.01. The number of aliphatic hydroxyl groups is 2. The molecule has 0 heterocycles. The van der Waals surface area contributed by atoms with Gasteiger partial charge in [-0.3, -0.25) is 9.59 Å². The topological polar surface area (TPSA) is 116 Å². The number of carbonyl (C=O) groups excluding carboxylic acids is 1. The summed E-state index contributed by atoms with van der Waals surface area (Å²) in [4.78, 5) is 22.0. The maximum Gasteiger partial charge on any atom is 0.322 e. The Bertz CT molecular complexity index is 364. The van der Waals surface area contributed by atoms with E-state index in [-0.39, 0.29) is 24.3 Å². The van der Waals surface area contributed by atoms with Gasteiger partial charge in [-0.2, -0.15) is 0 Å². The molecule has 0 aromatic heterocycles. The molecule has 0 aromatic carbocycles. The van der Waals surface area contributed by atoms with Crippen molar-refractivity contribution < 1.29 is 29.6 Å². The lowest BCUT2D eigenvalue weighted by Gasteiger charge is -2.31. The Kier molecular flexibility index (Phi) is 4.08. The highest BCUT2D eigenvalue weighted by Gasteiger charge is 2.38. The summed E-state index contributed by atoms with van der Waals surface area (Å²) in [7, 11) is 1.29. The number of aliphatic carboxylic acids is 1. The Hall–Kier alpha value is -1.60. The van der Waals surface area contributed by atoms with Gasteiger partial charge >= 0.3 is 5.97 Å². The van der Waals surface area contributed by atoms with Crippen LogP contribution in [0.3, 0.4) is 0 Å². The smallest absolute Gasteiger partial charge is 0.322 e. The second kappa shape index (κ2) is 5.15. The minimum absolute atomic E-state index is 0.00405. The van der Waals surface area contributed by atoms with Crippen molar-refractivity contribution in [2.45, 2.75) is 18.4 Å². The van der Waals surface area contributed by atoms with Crippen LogP contribution in [0.25, 0.3) is 0 Å². The number of Topliss-reactive ketones (excluding diaryl/α,β-unsaturated/α-hetero) is 1. The molecule has 7 nitrogen and oxygen atoms in total. The average molecular weight is 245 g/mol. The second-order valence-electron chi connectivity index (χ2n) is 3.92. The Morgan fingerprint density at radius 3 is 2.65 bits per heavy atom. The van der Waals surface area contributed by atoms with E-state index in [0.29, 0.717) is 0 Å². The van der Waals surface area contributed by atoms with Crippen LogP contribution in [0.5, 0.6) is 0 Å². The molecule has 0 fully saturated rings. The van der Waals surface area contributed by atoms with Crippen LogP contribution >= 0.6 is 0 Å². The second-order valence-corrected chi connectivity index (χ2v) is 3.92. The molecule has 1 aliphatic carbocycles. The highest BCUT2D eigenvalue weighted by atomic mass is 16.5. The van der Waals surface area contributed by atoms with Crippen molar-refractivity contribution in [1.82, 2.24) is 5.32 Å². The molecule has 0 saturated carbocycles. The van der Waals surface area contributed by atoms with E-state index in [0.717, 1.165) is 0 Å². The fourth-order valence-electron chi connectivity index (χ4n) is 1.69. The largest absolute Gasteiger partial charge is 0.491 e. The molecule has 1 rings (SSSR count). The number of carbonyl (C=O) groups is 2. The zero-order valence-electron chi connectivity index (χ0n) is 9.39. The molecule has 4 N–H and O–H groups in total. The Labute approximate surface area is 97.7 Å². The number of carboxylic acid groups (broad SMARTS) is 1. The number of ether oxygens (including phenoxy) is 1. The zero-order chi connectivity index (χ0) is 13.1. The van der Waals surface area contributed by atoms with Crippen molar-refractivity contribution in [2.24, 2.45) is 0 Å². The SMILES string of the molecule is COC1=C(NCC(=O)O)C[C@@](O)(CO)CC1=O. The van der Waals surface area contributed by atoms with Crippen molar-refractivity contribution >= 4 is 11.8 Å². The summed E-state index contributed by atoms with van der Waals surface area (Å²) in [6, 6.07) is 0. The minimum atomic E-state index is -1.56. The number of nitrogens with one attached hydrogen (secondary N) is 1. The predicted molar refractivity (Wildman–Crippen MR) is 56.0 cm³/mol. The maximum atomic E-state index is 11.6. The maximum absolute atomic E-state index is 11.6. The molecule has 7 heteroatoms. The molecular formula is C10H15NO6. The van der Waals surface area contributed by atoms with Crippen LogP contribution in [0.15, 0.2) is 11.5 Å². The predicted octanol–water partition coefficient (Wildman–Crippen LogP) is -1.40. The van der Waals surface area contributed by atoms with E-state index >= 15 is 0 Å². The lowest BCUT2D eigenvalue weighted by atomic mass is 9.86. The van der Waals surface area contributed by atoms with Crippen LogP contribution in [0, 0.1) is 0 Å². The van der Waals surface area contributed by atoms with Crippen LogP contribution < -0.4 is 5.32 Å². The van der Waals surface area contributed by atoms with Gasteiger partial charge in [0.1, 0.15) is 12.1 Å². The lowest BCUT2D eigenvalue weighted by molar-refractivity contribution is -0.136. The Morgan fingerprint density at radius 1 is 1.53 bits per heavy atom. The number of hydrogen-bond acceptors (Lipinski definition) is 6.